The number of H-pyrrole nitrogens is 1. The molecule has 1 aromatic carbocycles. The highest BCUT2D eigenvalue weighted by Gasteiger charge is 2.49. The van der Waals surface area contributed by atoms with Crippen LogP contribution in [0.2, 0.25) is 0 Å². The summed E-state index contributed by atoms with van der Waals surface area (Å²) >= 11 is 0. The van der Waals surface area contributed by atoms with Crippen molar-refractivity contribution in [2.75, 3.05) is 38.3 Å². The second-order valence-electron chi connectivity index (χ2n) is 7.88. The zero-order valence-electron chi connectivity index (χ0n) is 17.5. The van der Waals surface area contributed by atoms with Gasteiger partial charge in [0.25, 0.3) is 6.47 Å². The predicted octanol–water partition coefficient (Wildman–Crippen LogP) is 2.08. The normalized spacial score (nSPS) is 21.9. The van der Waals surface area contributed by atoms with Crippen molar-refractivity contribution in [2.45, 2.75) is 6.04 Å². The number of pyridine rings is 1. The maximum absolute atomic E-state index is 14.0. The molecular formula is C22H24FN5O4. The number of hydrogen-bond acceptors (Lipinski definition) is 6. The molecule has 168 valence electrons. The van der Waals surface area contributed by atoms with Crippen LogP contribution in [0.15, 0.2) is 42.7 Å². The monoisotopic (exact) mass is 441 g/mol. The summed E-state index contributed by atoms with van der Waals surface area (Å²) in [7, 11) is 1.52. The summed E-state index contributed by atoms with van der Waals surface area (Å²) in [6.07, 6.45) is 3.58. The average Bonchev–Trinajstić information content (AvgIpc) is 3.48. The van der Waals surface area contributed by atoms with E-state index < -0.39 is 0 Å². The van der Waals surface area contributed by atoms with Crippen molar-refractivity contribution < 1.29 is 23.8 Å². The number of carboxylic acid groups (broad SMARTS) is 1. The van der Waals surface area contributed by atoms with Crippen LogP contribution in [0.3, 0.4) is 0 Å². The number of carbonyl (C=O) groups excluding carboxylic acids is 1. The Labute approximate surface area is 183 Å². The lowest BCUT2D eigenvalue weighted by atomic mass is 9.89. The number of nitrogens with zero attached hydrogens (tertiary/aromatic N) is 4. The van der Waals surface area contributed by atoms with Gasteiger partial charge in [-0.1, -0.05) is 12.1 Å². The number of benzene rings is 1. The quantitative estimate of drug-likeness (QED) is 0.596. The molecule has 4 heterocycles. The van der Waals surface area contributed by atoms with Gasteiger partial charge in [-0.15, -0.1) is 0 Å². The van der Waals surface area contributed by atoms with E-state index in [4.69, 9.17) is 14.6 Å². The number of methoxy groups -OCH3 is 1. The minimum absolute atomic E-state index is 0.0326. The van der Waals surface area contributed by atoms with E-state index in [1.165, 1.54) is 19.2 Å². The predicted molar refractivity (Wildman–Crippen MR) is 115 cm³/mol. The number of rotatable bonds is 4. The van der Waals surface area contributed by atoms with Crippen LogP contribution in [0.25, 0.3) is 10.9 Å². The number of halogens is 1. The molecule has 3 atom stereocenters. The zero-order chi connectivity index (χ0) is 22.7. The largest absolute Gasteiger partial charge is 0.483 e. The topological polar surface area (TPSA) is 112 Å². The Morgan fingerprint density at radius 3 is 2.91 bits per heavy atom. The third-order valence-electron chi connectivity index (χ3n) is 6.09. The highest BCUT2D eigenvalue weighted by atomic mass is 19.1. The Bertz CT molecular complexity index is 1110. The van der Waals surface area contributed by atoms with Gasteiger partial charge >= 0.3 is 0 Å². The summed E-state index contributed by atoms with van der Waals surface area (Å²) in [6, 6.07) is 8.31. The number of ether oxygens (including phenoxy) is 1. The summed E-state index contributed by atoms with van der Waals surface area (Å²) in [5, 5.41) is 15.0. The molecule has 3 aromatic rings. The third kappa shape index (κ3) is 4.01. The summed E-state index contributed by atoms with van der Waals surface area (Å²) < 4.78 is 19.0. The van der Waals surface area contributed by atoms with Crippen molar-refractivity contribution in [1.82, 2.24) is 20.1 Å². The first-order valence-corrected chi connectivity index (χ1v) is 10.2. The second-order valence-corrected chi connectivity index (χ2v) is 7.88. The second kappa shape index (κ2) is 9.31. The standard InChI is InChI=1S/C21H22FN5O2.CH2O2/c1-29-12-19(28)27-10-14-9-26(21-16-8-24-25-18(16)5-6-23-21)11-17(14)20(27)13-3-2-4-15(22)7-13;2-1-3/h2-8,14,17,20H,9-12H2,1H3,(H,24,25);1H,(H,2,3)/t14-,17-,20+;/m1./s1. The molecular weight excluding hydrogens is 417 g/mol. The molecule has 0 saturated carbocycles. The van der Waals surface area contributed by atoms with E-state index in [-0.39, 0.29) is 42.7 Å². The lowest BCUT2D eigenvalue weighted by Gasteiger charge is -2.30. The van der Waals surface area contributed by atoms with Crippen molar-refractivity contribution >= 4 is 29.1 Å². The Morgan fingerprint density at radius 2 is 2.16 bits per heavy atom. The van der Waals surface area contributed by atoms with Gasteiger partial charge in [-0.3, -0.25) is 14.7 Å². The van der Waals surface area contributed by atoms with Gasteiger partial charge in [-0.2, -0.15) is 5.10 Å². The molecule has 2 N–H and O–H groups in total. The fourth-order valence-electron chi connectivity index (χ4n) is 4.90. The number of hydrogen-bond donors (Lipinski definition) is 2. The molecule has 0 spiro atoms. The molecule has 2 aromatic heterocycles. The van der Waals surface area contributed by atoms with Crippen LogP contribution in [0.1, 0.15) is 11.6 Å². The number of carbonyl (C=O) groups is 2. The molecule has 0 bridgehead atoms. The van der Waals surface area contributed by atoms with Crippen LogP contribution in [0.5, 0.6) is 0 Å². The fraction of sp³-hybridized carbons (Fsp3) is 0.364. The summed E-state index contributed by atoms with van der Waals surface area (Å²) in [5.74, 6) is 1.04. The SMILES string of the molecule is COCC(=O)N1C[C@H]2CN(c3nccc4[nH]ncc34)C[C@H]2[C@@H]1c1cccc(F)c1.O=CO. The lowest BCUT2D eigenvalue weighted by Crippen LogP contribution is -2.37. The van der Waals surface area contributed by atoms with Gasteiger partial charge in [0.2, 0.25) is 5.91 Å². The molecule has 2 saturated heterocycles. The molecule has 9 nitrogen and oxygen atoms in total. The van der Waals surface area contributed by atoms with Crippen molar-refractivity contribution in [3.8, 4) is 0 Å². The van der Waals surface area contributed by atoms with Gasteiger partial charge in [0.1, 0.15) is 18.2 Å². The Morgan fingerprint density at radius 1 is 1.34 bits per heavy atom. The number of nitrogens with one attached hydrogen (secondary N) is 1. The summed E-state index contributed by atoms with van der Waals surface area (Å²) in [4.78, 5) is 29.8. The zero-order valence-corrected chi connectivity index (χ0v) is 17.5. The van der Waals surface area contributed by atoms with Crippen molar-refractivity contribution in [3.05, 3.63) is 54.1 Å². The lowest BCUT2D eigenvalue weighted by molar-refractivity contribution is -0.136. The van der Waals surface area contributed by atoms with Crippen molar-refractivity contribution in [2.24, 2.45) is 11.8 Å². The summed E-state index contributed by atoms with van der Waals surface area (Å²) in [6.45, 7) is 1.96. The number of anilines is 1. The Balaban J connectivity index is 0.000000775. The van der Waals surface area contributed by atoms with Crippen LogP contribution in [-0.2, 0) is 14.3 Å². The van der Waals surface area contributed by atoms with E-state index in [1.807, 2.05) is 17.0 Å². The van der Waals surface area contributed by atoms with Crippen LogP contribution < -0.4 is 4.90 Å². The number of aromatic nitrogens is 3. The van der Waals surface area contributed by atoms with Crippen LogP contribution in [-0.4, -0.2) is 70.9 Å². The molecule has 5 rings (SSSR count). The van der Waals surface area contributed by atoms with Crippen molar-refractivity contribution in [3.63, 3.8) is 0 Å². The minimum atomic E-state index is -0.287. The van der Waals surface area contributed by atoms with Gasteiger partial charge in [0.15, 0.2) is 0 Å². The Kier molecular flexibility index (Phi) is 6.31. The summed E-state index contributed by atoms with van der Waals surface area (Å²) in [5.41, 5.74) is 1.78. The average molecular weight is 441 g/mol. The number of amides is 1. The molecule has 32 heavy (non-hydrogen) atoms. The highest BCUT2D eigenvalue weighted by Crippen LogP contribution is 2.46. The number of likely N-dealkylation sites (tertiary alicyclic amines) is 1. The van der Waals surface area contributed by atoms with E-state index in [0.29, 0.717) is 6.54 Å². The maximum atomic E-state index is 14.0. The third-order valence-corrected chi connectivity index (χ3v) is 6.09. The number of aromatic amines is 1. The smallest absolute Gasteiger partial charge is 0.290 e. The molecule has 0 radical (unpaired) electrons. The van der Waals surface area contributed by atoms with Crippen molar-refractivity contribution in [1.29, 1.82) is 0 Å². The number of fused-ring (bicyclic) bond motifs is 2. The van der Waals surface area contributed by atoms with E-state index in [9.17, 15) is 9.18 Å². The molecule has 2 aliphatic heterocycles. The van der Waals surface area contributed by atoms with Gasteiger partial charge < -0.3 is 19.6 Å². The maximum Gasteiger partial charge on any atom is 0.290 e. The van der Waals surface area contributed by atoms with Crippen LogP contribution in [0, 0.1) is 17.7 Å². The minimum Gasteiger partial charge on any atom is -0.483 e. The first-order chi connectivity index (χ1) is 15.6. The van der Waals surface area contributed by atoms with Gasteiger partial charge in [-0.05, 0) is 23.8 Å². The van der Waals surface area contributed by atoms with E-state index >= 15 is 0 Å². The highest BCUT2D eigenvalue weighted by molar-refractivity contribution is 5.89. The van der Waals surface area contributed by atoms with Gasteiger partial charge in [0.05, 0.1) is 23.1 Å². The molecule has 2 aliphatic rings. The fourth-order valence-corrected chi connectivity index (χ4v) is 4.90. The van der Waals surface area contributed by atoms with Gasteiger partial charge in [0, 0.05) is 44.8 Å². The van der Waals surface area contributed by atoms with Crippen LogP contribution >= 0.6 is 0 Å². The first-order valence-electron chi connectivity index (χ1n) is 10.2. The molecule has 10 heteroatoms. The molecule has 0 aliphatic carbocycles. The molecule has 2 fully saturated rings. The van der Waals surface area contributed by atoms with Crippen LogP contribution in [0.4, 0.5) is 10.2 Å². The van der Waals surface area contributed by atoms with E-state index in [1.54, 1.807) is 18.5 Å². The first kappa shape index (κ1) is 21.7. The van der Waals surface area contributed by atoms with E-state index in [0.717, 1.165) is 35.4 Å². The molecule has 1 amide bonds. The van der Waals surface area contributed by atoms with Gasteiger partial charge in [-0.25, -0.2) is 9.37 Å². The molecule has 0 unspecified atom stereocenters. The van der Waals surface area contributed by atoms with E-state index in [2.05, 4.69) is 20.1 Å². The Hall–Kier alpha value is -3.53.